The number of rotatable bonds is 4. The van der Waals surface area contributed by atoms with Crippen LogP contribution >= 0.6 is 0 Å². The zero-order valence-electron chi connectivity index (χ0n) is 14.7. The Bertz CT molecular complexity index is 623. The molecule has 1 aromatic carbocycles. The predicted octanol–water partition coefficient (Wildman–Crippen LogP) is 4.30. The summed E-state index contributed by atoms with van der Waals surface area (Å²) in [6.07, 6.45) is 8.35. The highest BCUT2D eigenvalue weighted by atomic mass is 16.2. The molecule has 23 heavy (non-hydrogen) atoms. The minimum Gasteiger partial charge on any atom is -0.314 e. The van der Waals surface area contributed by atoms with Crippen LogP contribution in [0.2, 0.25) is 0 Å². The van der Waals surface area contributed by atoms with Gasteiger partial charge < -0.3 is 4.90 Å². The summed E-state index contributed by atoms with van der Waals surface area (Å²) >= 11 is 0. The number of carbonyl (C=O) groups excluding carboxylic acids is 2. The number of aryl methyl sites for hydroxylation is 1. The first kappa shape index (κ1) is 17.5. The number of amides is 1. The highest BCUT2D eigenvalue weighted by Gasteiger charge is 2.21. The minimum absolute atomic E-state index is 0.0523. The maximum absolute atomic E-state index is 12.0. The number of carbonyl (C=O) groups is 2. The van der Waals surface area contributed by atoms with Gasteiger partial charge in [0.2, 0.25) is 5.91 Å². The number of benzene rings is 1. The van der Waals surface area contributed by atoms with E-state index in [1.54, 1.807) is 11.8 Å². The van der Waals surface area contributed by atoms with Crippen LogP contribution in [-0.2, 0) is 17.6 Å². The molecule has 1 aliphatic rings. The van der Waals surface area contributed by atoms with Crippen molar-refractivity contribution in [3.8, 4) is 0 Å². The molecule has 124 valence electrons. The summed E-state index contributed by atoms with van der Waals surface area (Å²) in [7, 11) is 0. The van der Waals surface area contributed by atoms with Crippen molar-refractivity contribution in [3.05, 3.63) is 47.2 Å². The maximum Gasteiger partial charge on any atom is 0.223 e. The first-order chi connectivity index (χ1) is 10.8. The molecule has 1 aromatic rings. The molecule has 0 saturated carbocycles. The van der Waals surface area contributed by atoms with Crippen LogP contribution in [0.1, 0.15) is 68.4 Å². The lowest BCUT2D eigenvalue weighted by Gasteiger charge is -2.31. The molecule has 0 fully saturated rings. The molecule has 1 aliphatic carbocycles. The van der Waals surface area contributed by atoms with Gasteiger partial charge in [0.1, 0.15) is 0 Å². The summed E-state index contributed by atoms with van der Waals surface area (Å²) in [5, 5.41) is 0. The van der Waals surface area contributed by atoms with E-state index in [4.69, 9.17) is 0 Å². The van der Waals surface area contributed by atoms with E-state index in [9.17, 15) is 9.59 Å². The van der Waals surface area contributed by atoms with Crippen LogP contribution < -0.4 is 0 Å². The standard InChI is InChI=1S/C20H27NO2/c1-15(22)21(20(2,3)4)14-6-5-9-16-10-7-12-18-17(16)11-8-13-19(18)23/h6-7,10,12,14H,5,8-9,11,13H2,1-4H3/b14-6-. The fourth-order valence-corrected chi connectivity index (χ4v) is 3.21. The van der Waals surface area contributed by atoms with Gasteiger partial charge >= 0.3 is 0 Å². The van der Waals surface area contributed by atoms with Gasteiger partial charge in [0.25, 0.3) is 0 Å². The molecule has 3 nitrogen and oxygen atoms in total. The summed E-state index contributed by atoms with van der Waals surface area (Å²) in [6, 6.07) is 6.06. The highest BCUT2D eigenvalue weighted by Crippen LogP contribution is 2.25. The Morgan fingerprint density at radius 3 is 2.65 bits per heavy atom. The Morgan fingerprint density at radius 2 is 2.00 bits per heavy atom. The van der Waals surface area contributed by atoms with Crippen LogP contribution in [0, 0.1) is 0 Å². The summed E-state index contributed by atoms with van der Waals surface area (Å²) < 4.78 is 0. The number of ketones is 1. The van der Waals surface area contributed by atoms with Gasteiger partial charge in [-0.2, -0.15) is 0 Å². The molecule has 0 spiro atoms. The van der Waals surface area contributed by atoms with Gasteiger partial charge in [-0.25, -0.2) is 0 Å². The van der Waals surface area contributed by atoms with Crippen LogP contribution in [0.3, 0.4) is 0 Å². The fraction of sp³-hybridized carbons (Fsp3) is 0.500. The summed E-state index contributed by atoms with van der Waals surface area (Å²) in [5.41, 5.74) is 3.21. The average molecular weight is 313 g/mol. The van der Waals surface area contributed by atoms with Crippen LogP contribution in [0.25, 0.3) is 0 Å². The highest BCUT2D eigenvalue weighted by molar-refractivity contribution is 5.98. The van der Waals surface area contributed by atoms with E-state index in [2.05, 4.69) is 12.1 Å². The normalized spacial score (nSPS) is 14.9. The van der Waals surface area contributed by atoms with Crippen molar-refractivity contribution < 1.29 is 9.59 Å². The molecule has 0 aliphatic heterocycles. The predicted molar refractivity (Wildman–Crippen MR) is 93.4 cm³/mol. The largest absolute Gasteiger partial charge is 0.314 e. The minimum atomic E-state index is -0.208. The molecule has 3 heteroatoms. The van der Waals surface area contributed by atoms with Crippen molar-refractivity contribution >= 4 is 11.7 Å². The second kappa shape index (κ2) is 7.12. The van der Waals surface area contributed by atoms with Crippen LogP contribution in [0.5, 0.6) is 0 Å². The topological polar surface area (TPSA) is 37.4 Å². The molecule has 0 radical (unpaired) electrons. The molecule has 0 saturated heterocycles. The summed E-state index contributed by atoms with van der Waals surface area (Å²) in [6.45, 7) is 7.67. The van der Waals surface area contributed by atoms with E-state index in [-0.39, 0.29) is 17.2 Å². The van der Waals surface area contributed by atoms with E-state index in [1.165, 1.54) is 11.1 Å². The quantitative estimate of drug-likeness (QED) is 0.831. The van der Waals surface area contributed by atoms with Gasteiger partial charge in [0.15, 0.2) is 5.78 Å². The number of nitrogens with zero attached hydrogens (tertiary/aromatic N) is 1. The smallest absolute Gasteiger partial charge is 0.223 e. The lowest BCUT2D eigenvalue weighted by atomic mass is 9.86. The number of fused-ring (bicyclic) bond motifs is 1. The number of hydrogen-bond acceptors (Lipinski definition) is 2. The fourth-order valence-electron chi connectivity index (χ4n) is 3.21. The maximum atomic E-state index is 12.0. The Labute approximate surface area is 139 Å². The third-order valence-electron chi connectivity index (χ3n) is 4.30. The zero-order chi connectivity index (χ0) is 17.0. The van der Waals surface area contributed by atoms with E-state index in [0.29, 0.717) is 6.42 Å². The first-order valence-corrected chi connectivity index (χ1v) is 8.41. The second-order valence-corrected chi connectivity index (χ2v) is 7.20. The van der Waals surface area contributed by atoms with Crippen molar-refractivity contribution in [2.24, 2.45) is 0 Å². The molecule has 0 unspecified atom stereocenters. The monoisotopic (exact) mass is 313 g/mol. The SMILES string of the molecule is CC(=O)N(/C=C\CCc1cccc2c1CCCC2=O)C(C)(C)C. The Kier molecular flexibility index (Phi) is 5.40. The Hall–Kier alpha value is -1.90. The van der Waals surface area contributed by atoms with Crippen molar-refractivity contribution in [3.63, 3.8) is 0 Å². The molecule has 0 atom stereocenters. The average Bonchev–Trinajstić information content (AvgIpc) is 2.46. The van der Waals surface area contributed by atoms with Gasteiger partial charge in [-0.3, -0.25) is 9.59 Å². The number of Topliss-reactive ketones (excluding diaryl/α,β-unsaturated/α-hetero) is 1. The first-order valence-electron chi connectivity index (χ1n) is 8.41. The molecule has 0 bridgehead atoms. The molecule has 2 rings (SSSR count). The van der Waals surface area contributed by atoms with Gasteiger partial charge in [0.05, 0.1) is 0 Å². The van der Waals surface area contributed by atoms with E-state index in [0.717, 1.165) is 31.2 Å². The third kappa shape index (κ3) is 4.31. The van der Waals surface area contributed by atoms with Crippen molar-refractivity contribution in [1.29, 1.82) is 0 Å². The zero-order valence-corrected chi connectivity index (χ0v) is 14.7. The van der Waals surface area contributed by atoms with Crippen molar-refractivity contribution in [2.45, 2.75) is 65.3 Å². The van der Waals surface area contributed by atoms with Gasteiger partial charge in [0, 0.05) is 30.6 Å². The lowest BCUT2D eigenvalue weighted by molar-refractivity contribution is -0.129. The molecule has 1 amide bonds. The van der Waals surface area contributed by atoms with Crippen LogP contribution in [0.15, 0.2) is 30.5 Å². The molecular formula is C20H27NO2. The molecule has 0 N–H and O–H groups in total. The summed E-state index contributed by atoms with van der Waals surface area (Å²) in [4.78, 5) is 25.5. The lowest BCUT2D eigenvalue weighted by Crippen LogP contribution is -2.40. The van der Waals surface area contributed by atoms with E-state index in [1.807, 2.05) is 39.1 Å². The molecular weight excluding hydrogens is 286 g/mol. The van der Waals surface area contributed by atoms with Gasteiger partial charge in [-0.15, -0.1) is 0 Å². The molecule has 0 aromatic heterocycles. The van der Waals surface area contributed by atoms with Crippen LogP contribution in [-0.4, -0.2) is 22.1 Å². The summed E-state index contributed by atoms with van der Waals surface area (Å²) in [5.74, 6) is 0.329. The third-order valence-corrected chi connectivity index (χ3v) is 4.30. The number of hydrogen-bond donors (Lipinski definition) is 0. The number of allylic oxidation sites excluding steroid dienone is 1. The van der Waals surface area contributed by atoms with Crippen LogP contribution in [0.4, 0.5) is 0 Å². The van der Waals surface area contributed by atoms with Gasteiger partial charge in [-0.05, 0) is 57.6 Å². The van der Waals surface area contributed by atoms with Gasteiger partial charge in [-0.1, -0.05) is 24.3 Å². The van der Waals surface area contributed by atoms with E-state index < -0.39 is 0 Å². The van der Waals surface area contributed by atoms with Crippen molar-refractivity contribution in [2.75, 3.05) is 0 Å². The second-order valence-electron chi connectivity index (χ2n) is 7.20. The van der Waals surface area contributed by atoms with E-state index >= 15 is 0 Å². The Morgan fingerprint density at radius 1 is 1.26 bits per heavy atom. The Balaban J connectivity index is 2.05. The molecule has 0 heterocycles. The van der Waals surface area contributed by atoms with Crippen molar-refractivity contribution in [1.82, 2.24) is 4.90 Å².